The first kappa shape index (κ1) is 17.8. The molecule has 0 aromatic carbocycles. The van der Waals surface area contributed by atoms with E-state index in [9.17, 15) is 14.7 Å². The molecule has 5 heteroatoms. The molecule has 1 rings (SSSR count). The highest BCUT2D eigenvalue weighted by Gasteiger charge is 2.45. The highest BCUT2D eigenvalue weighted by atomic mass is 16.6. The number of carboxylic acid groups (broad SMARTS) is 1. The van der Waals surface area contributed by atoms with Gasteiger partial charge in [-0.05, 0) is 46.5 Å². The van der Waals surface area contributed by atoms with E-state index in [4.69, 9.17) is 4.74 Å². The minimum absolute atomic E-state index is 0.393. The zero-order chi connectivity index (χ0) is 16.3. The van der Waals surface area contributed by atoms with Crippen LogP contribution in [0.15, 0.2) is 0 Å². The summed E-state index contributed by atoms with van der Waals surface area (Å²) in [6.07, 6.45) is 3.93. The molecule has 0 aromatic heterocycles. The van der Waals surface area contributed by atoms with Crippen molar-refractivity contribution >= 4 is 12.1 Å². The van der Waals surface area contributed by atoms with Crippen molar-refractivity contribution in [3.8, 4) is 0 Å². The monoisotopic (exact) mass is 299 g/mol. The quantitative estimate of drug-likeness (QED) is 0.812. The van der Waals surface area contributed by atoms with Crippen molar-refractivity contribution in [2.75, 3.05) is 6.54 Å². The van der Waals surface area contributed by atoms with Gasteiger partial charge in [0, 0.05) is 6.54 Å². The molecule has 1 atom stereocenters. The van der Waals surface area contributed by atoms with E-state index >= 15 is 0 Å². The summed E-state index contributed by atoms with van der Waals surface area (Å²) in [4.78, 5) is 25.7. The van der Waals surface area contributed by atoms with Gasteiger partial charge < -0.3 is 9.84 Å². The van der Waals surface area contributed by atoms with Crippen LogP contribution >= 0.6 is 0 Å². The van der Waals surface area contributed by atoms with Crippen LogP contribution in [-0.4, -0.2) is 39.8 Å². The normalized spacial score (nSPS) is 18.5. The van der Waals surface area contributed by atoms with Gasteiger partial charge in [0.05, 0.1) is 0 Å². The van der Waals surface area contributed by atoms with Crippen LogP contribution in [-0.2, 0) is 9.53 Å². The molecule has 1 amide bonds. The molecule has 0 bridgehead atoms. The molecular weight excluding hydrogens is 270 g/mol. The van der Waals surface area contributed by atoms with E-state index in [1.807, 2.05) is 6.92 Å². The first-order valence-corrected chi connectivity index (χ1v) is 7.84. The summed E-state index contributed by atoms with van der Waals surface area (Å²) in [5.74, 6) is -0.554. The summed E-state index contributed by atoms with van der Waals surface area (Å²) in [6.45, 7) is 9.35. The summed E-state index contributed by atoms with van der Waals surface area (Å²) >= 11 is 0. The number of aliphatic carboxylic acids is 1. The molecule has 0 saturated heterocycles. The first-order valence-electron chi connectivity index (χ1n) is 7.84. The predicted molar refractivity (Wildman–Crippen MR) is 81.2 cm³/mol. The SMILES string of the molecule is CCCN(C(=O)OC(C)(C)C)C(C)(CC1CCC1)C(=O)O. The Kier molecular flexibility index (Phi) is 5.65. The number of hydrogen-bond donors (Lipinski definition) is 1. The fourth-order valence-corrected chi connectivity index (χ4v) is 2.65. The van der Waals surface area contributed by atoms with Gasteiger partial charge in [-0.3, -0.25) is 4.90 Å². The molecule has 0 heterocycles. The Morgan fingerprint density at radius 3 is 2.14 bits per heavy atom. The lowest BCUT2D eigenvalue weighted by molar-refractivity contribution is -0.152. The van der Waals surface area contributed by atoms with Gasteiger partial charge in [-0.15, -0.1) is 0 Å². The highest BCUT2D eigenvalue weighted by molar-refractivity contribution is 5.84. The van der Waals surface area contributed by atoms with Crippen LogP contribution < -0.4 is 0 Å². The maximum Gasteiger partial charge on any atom is 0.411 e. The summed E-state index contributed by atoms with van der Waals surface area (Å²) in [5.41, 5.74) is -1.82. The molecule has 21 heavy (non-hydrogen) atoms. The van der Waals surface area contributed by atoms with Crippen molar-refractivity contribution in [2.45, 2.75) is 77.9 Å². The number of ether oxygens (including phenoxy) is 1. The Labute approximate surface area is 127 Å². The maximum atomic E-state index is 12.4. The van der Waals surface area contributed by atoms with E-state index in [1.54, 1.807) is 27.7 Å². The number of carbonyl (C=O) groups excluding carboxylic acids is 1. The Hall–Kier alpha value is -1.26. The minimum atomic E-state index is -1.19. The standard InChI is InChI=1S/C16H29NO4/c1-6-10-17(14(20)21-15(2,3)4)16(5,13(18)19)11-12-8-7-9-12/h12H,6-11H2,1-5H3,(H,18,19). The third kappa shape index (κ3) is 4.61. The summed E-state index contributed by atoms with van der Waals surface area (Å²) in [5, 5.41) is 9.70. The number of amides is 1. The fourth-order valence-electron chi connectivity index (χ4n) is 2.65. The summed E-state index contributed by atoms with van der Waals surface area (Å²) in [6, 6.07) is 0. The van der Waals surface area contributed by atoms with E-state index in [2.05, 4.69) is 0 Å². The van der Waals surface area contributed by atoms with E-state index in [1.165, 1.54) is 4.90 Å². The third-order valence-corrected chi connectivity index (χ3v) is 4.03. The molecule has 1 unspecified atom stereocenters. The van der Waals surface area contributed by atoms with Crippen molar-refractivity contribution in [3.63, 3.8) is 0 Å². The second-order valence-electron chi connectivity index (χ2n) is 7.21. The summed E-state index contributed by atoms with van der Waals surface area (Å²) in [7, 11) is 0. The van der Waals surface area contributed by atoms with E-state index in [0.29, 0.717) is 25.3 Å². The smallest absolute Gasteiger partial charge is 0.411 e. The van der Waals surface area contributed by atoms with Gasteiger partial charge >= 0.3 is 12.1 Å². The average Bonchev–Trinajstić information content (AvgIpc) is 2.27. The fraction of sp³-hybridized carbons (Fsp3) is 0.875. The molecule has 1 N–H and O–H groups in total. The molecule has 122 valence electrons. The molecule has 1 saturated carbocycles. The van der Waals surface area contributed by atoms with E-state index in [0.717, 1.165) is 19.3 Å². The Bertz CT molecular complexity index is 384. The number of hydrogen-bond acceptors (Lipinski definition) is 3. The zero-order valence-corrected chi connectivity index (χ0v) is 13.9. The van der Waals surface area contributed by atoms with Crippen LogP contribution in [0.3, 0.4) is 0 Å². The summed E-state index contributed by atoms with van der Waals surface area (Å²) < 4.78 is 5.41. The van der Waals surface area contributed by atoms with Crippen LogP contribution in [0.4, 0.5) is 4.79 Å². The molecule has 0 spiro atoms. The lowest BCUT2D eigenvalue weighted by Gasteiger charge is -2.42. The second-order valence-corrected chi connectivity index (χ2v) is 7.21. The van der Waals surface area contributed by atoms with Crippen molar-refractivity contribution in [1.82, 2.24) is 4.90 Å². The van der Waals surface area contributed by atoms with Crippen LogP contribution in [0.5, 0.6) is 0 Å². The Morgan fingerprint density at radius 1 is 1.24 bits per heavy atom. The lowest BCUT2D eigenvalue weighted by Crippen LogP contribution is -2.57. The van der Waals surface area contributed by atoms with Crippen LogP contribution in [0.25, 0.3) is 0 Å². The molecule has 0 aromatic rings. The molecular formula is C16H29NO4. The van der Waals surface area contributed by atoms with Gasteiger partial charge in [-0.2, -0.15) is 0 Å². The Morgan fingerprint density at radius 2 is 1.81 bits per heavy atom. The van der Waals surface area contributed by atoms with Crippen LogP contribution in [0, 0.1) is 5.92 Å². The van der Waals surface area contributed by atoms with Gasteiger partial charge in [0.2, 0.25) is 0 Å². The minimum Gasteiger partial charge on any atom is -0.480 e. The molecule has 1 aliphatic carbocycles. The van der Waals surface area contributed by atoms with Crippen molar-refractivity contribution in [1.29, 1.82) is 0 Å². The first-order chi connectivity index (χ1) is 9.60. The second kappa shape index (κ2) is 6.67. The van der Waals surface area contributed by atoms with Crippen molar-refractivity contribution < 1.29 is 19.4 Å². The topological polar surface area (TPSA) is 66.8 Å². The highest BCUT2D eigenvalue weighted by Crippen LogP contribution is 2.37. The molecule has 0 aliphatic heterocycles. The number of carbonyl (C=O) groups is 2. The van der Waals surface area contributed by atoms with E-state index < -0.39 is 23.2 Å². The zero-order valence-electron chi connectivity index (χ0n) is 13.9. The molecule has 1 aliphatic rings. The van der Waals surface area contributed by atoms with Gasteiger partial charge in [0.15, 0.2) is 0 Å². The van der Waals surface area contributed by atoms with Gasteiger partial charge in [-0.25, -0.2) is 9.59 Å². The Balaban J connectivity index is 2.95. The van der Waals surface area contributed by atoms with Gasteiger partial charge in [0.25, 0.3) is 0 Å². The van der Waals surface area contributed by atoms with Crippen molar-refractivity contribution in [2.24, 2.45) is 5.92 Å². The number of carboxylic acids is 1. The molecule has 1 fully saturated rings. The van der Waals surface area contributed by atoms with E-state index in [-0.39, 0.29) is 0 Å². The van der Waals surface area contributed by atoms with Gasteiger partial charge in [-0.1, -0.05) is 26.2 Å². The molecule has 0 radical (unpaired) electrons. The number of nitrogens with zero attached hydrogens (tertiary/aromatic N) is 1. The maximum absolute atomic E-state index is 12.4. The van der Waals surface area contributed by atoms with Crippen LogP contribution in [0.2, 0.25) is 0 Å². The van der Waals surface area contributed by atoms with Crippen molar-refractivity contribution in [3.05, 3.63) is 0 Å². The number of rotatable bonds is 6. The predicted octanol–water partition coefficient (Wildman–Crippen LogP) is 3.67. The van der Waals surface area contributed by atoms with Gasteiger partial charge in [0.1, 0.15) is 11.1 Å². The lowest BCUT2D eigenvalue weighted by atomic mass is 9.76. The average molecular weight is 299 g/mol. The van der Waals surface area contributed by atoms with Crippen LogP contribution in [0.1, 0.15) is 66.7 Å². The third-order valence-electron chi connectivity index (χ3n) is 4.03. The molecule has 5 nitrogen and oxygen atoms in total. The largest absolute Gasteiger partial charge is 0.480 e.